The van der Waals surface area contributed by atoms with Gasteiger partial charge in [0.1, 0.15) is 0 Å². The molecule has 0 fully saturated rings. The highest BCUT2D eigenvalue weighted by Gasteiger charge is 2.19. The van der Waals surface area contributed by atoms with Crippen LogP contribution in [0.15, 0.2) is 66.7 Å². The minimum absolute atomic E-state index is 0.567. The Morgan fingerprint density at radius 1 is 0.727 bits per heavy atom. The average molecular weight is 304 g/mol. The molecule has 0 bridgehead atoms. The van der Waals surface area contributed by atoms with E-state index in [1.807, 2.05) is 48.5 Å². The van der Waals surface area contributed by atoms with Crippen LogP contribution in [-0.2, 0) is 0 Å². The van der Waals surface area contributed by atoms with Crippen LogP contribution in [0.3, 0.4) is 0 Å². The molecule has 0 aliphatic carbocycles. The Hall–Kier alpha value is -2.14. The van der Waals surface area contributed by atoms with E-state index in [4.69, 9.17) is 0 Å². The molecule has 3 aromatic carbocycles. The molecule has 106 valence electrons. The van der Waals surface area contributed by atoms with Crippen LogP contribution in [0.5, 0.6) is 0 Å². The summed E-state index contributed by atoms with van der Waals surface area (Å²) < 4.78 is 2.10. The van der Waals surface area contributed by atoms with Gasteiger partial charge in [0.2, 0.25) is 0 Å². The van der Waals surface area contributed by atoms with Gasteiger partial charge in [0.25, 0.3) is 0 Å². The van der Waals surface area contributed by atoms with E-state index in [0.29, 0.717) is 5.46 Å². The van der Waals surface area contributed by atoms with Crippen molar-refractivity contribution >= 4 is 44.1 Å². The molecule has 2 nitrogen and oxygen atoms in total. The average Bonchev–Trinajstić information content (AvgIpc) is 2.93. The largest absolute Gasteiger partial charge is 0.489 e. The molecule has 4 rings (SSSR count). The predicted octanol–water partition coefficient (Wildman–Crippen LogP) is 3.40. The highest BCUT2D eigenvalue weighted by molar-refractivity contribution is 7.27. The normalized spacial score (nSPS) is 11.2. The number of thiophene rings is 1. The summed E-state index contributed by atoms with van der Waals surface area (Å²) >= 11 is 1.60. The van der Waals surface area contributed by atoms with Crippen molar-refractivity contribution < 1.29 is 10.0 Å². The third kappa shape index (κ3) is 2.13. The maximum Gasteiger partial charge on any atom is 0.489 e. The van der Waals surface area contributed by atoms with Gasteiger partial charge in [-0.2, -0.15) is 0 Å². The maximum absolute atomic E-state index is 9.78. The highest BCUT2D eigenvalue weighted by atomic mass is 32.1. The van der Waals surface area contributed by atoms with E-state index in [2.05, 4.69) is 18.2 Å². The standard InChI is InChI=1S/C18H13BO2S/c20-19(21)16-11-13(12-6-2-1-3-7-12)10-15-14-8-4-5-9-17(14)22-18(15)16/h1-11,20-21H. The molecule has 1 heterocycles. The predicted molar refractivity (Wildman–Crippen MR) is 94.6 cm³/mol. The first kappa shape index (κ1) is 13.5. The molecule has 0 aliphatic heterocycles. The summed E-state index contributed by atoms with van der Waals surface area (Å²) in [4.78, 5) is 0. The van der Waals surface area contributed by atoms with E-state index < -0.39 is 7.12 Å². The summed E-state index contributed by atoms with van der Waals surface area (Å²) in [5, 5.41) is 21.8. The van der Waals surface area contributed by atoms with Crippen molar-refractivity contribution in [2.75, 3.05) is 0 Å². The Morgan fingerprint density at radius 3 is 2.23 bits per heavy atom. The molecule has 0 saturated heterocycles. The second-order valence-corrected chi connectivity index (χ2v) is 6.33. The summed E-state index contributed by atoms with van der Waals surface area (Å²) in [6.07, 6.45) is 0. The van der Waals surface area contributed by atoms with Crippen molar-refractivity contribution in [1.29, 1.82) is 0 Å². The monoisotopic (exact) mass is 304 g/mol. The van der Waals surface area contributed by atoms with Crippen molar-refractivity contribution in [2.24, 2.45) is 0 Å². The Kier molecular flexibility index (Phi) is 3.23. The first-order valence-electron chi connectivity index (χ1n) is 7.11. The molecule has 0 aliphatic rings. The summed E-state index contributed by atoms with van der Waals surface area (Å²) in [5.41, 5.74) is 2.64. The smallest absolute Gasteiger partial charge is 0.423 e. The van der Waals surface area contributed by atoms with Crippen molar-refractivity contribution in [1.82, 2.24) is 0 Å². The lowest BCUT2D eigenvalue weighted by Crippen LogP contribution is -2.30. The quantitative estimate of drug-likeness (QED) is 0.557. The SMILES string of the molecule is OB(O)c1cc(-c2ccccc2)cc2c1sc1ccccc12. The number of benzene rings is 3. The molecule has 22 heavy (non-hydrogen) atoms. The summed E-state index contributed by atoms with van der Waals surface area (Å²) in [6.45, 7) is 0. The van der Waals surface area contributed by atoms with Crippen molar-refractivity contribution in [3.8, 4) is 11.1 Å². The topological polar surface area (TPSA) is 40.5 Å². The number of hydrogen-bond acceptors (Lipinski definition) is 3. The molecule has 0 unspecified atom stereocenters. The second-order valence-electron chi connectivity index (χ2n) is 5.28. The zero-order valence-electron chi connectivity index (χ0n) is 11.7. The lowest BCUT2D eigenvalue weighted by atomic mass is 9.78. The van der Waals surface area contributed by atoms with Gasteiger partial charge in [-0.15, -0.1) is 11.3 Å². The third-order valence-electron chi connectivity index (χ3n) is 3.89. The van der Waals surface area contributed by atoms with Gasteiger partial charge in [-0.1, -0.05) is 54.6 Å². The third-order valence-corrected chi connectivity index (χ3v) is 5.13. The van der Waals surface area contributed by atoms with E-state index in [1.165, 1.54) is 0 Å². The molecule has 1 aromatic heterocycles. The van der Waals surface area contributed by atoms with Gasteiger partial charge < -0.3 is 10.0 Å². The first-order chi connectivity index (χ1) is 10.7. The van der Waals surface area contributed by atoms with E-state index in [0.717, 1.165) is 31.3 Å². The van der Waals surface area contributed by atoms with Crippen molar-refractivity contribution in [3.05, 3.63) is 66.7 Å². The molecular weight excluding hydrogens is 291 g/mol. The van der Waals surface area contributed by atoms with E-state index in [9.17, 15) is 10.0 Å². The summed E-state index contributed by atoms with van der Waals surface area (Å²) in [5.74, 6) is 0. The van der Waals surface area contributed by atoms with Crippen LogP contribution in [0.4, 0.5) is 0 Å². The van der Waals surface area contributed by atoms with Gasteiger partial charge in [0.05, 0.1) is 0 Å². The lowest BCUT2D eigenvalue weighted by molar-refractivity contribution is 0.426. The molecule has 2 N–H and O–H groups in total. The van der Waals surface area contributed by atoms with E-state index in [1.54, 1.807) is 11.3 Å². The van der Waals surface area contributed by atoms with Crippen LogP contribution in [0, 0.1) is 0 Å². The minimum Gasteiger partial charge on any atom is -0.423 e. The highest BCUT2D eigenvalue weighted by Crippen LogP contribution is 2.35. The number of fused-ring (bicyclic) bond motifs is 3. The van der Waals surface area contributed by atoms with Gasteiger partial charge in [0, 0.05) is 25.6 Å². The van der Waals surface area contributed by atoms with Crippen LogP contribution in [0.1, 0.15) is 0 Å². The summed E-state index contributed by atoms with van der Waals surface area (Å²) in [7, 11) is -1.47. The van der Waals surface area contributed by atoms with Crippen LogP contribution >= 0.6 is 11.3 Å². The fourth-order valence-corrected chi connectivity index (χ4v) is 4.06. The maximum atomic E-state index is 9.78. The zero-order chi connectivity index (χ0) is 15.1. The molecule has 0 amide bonds. The number of rotatable bonds is 2. The Labute approximate surface area is 132 Å². The number of hydrogen-bond donors (Lipinski definition) is 2. The Morgan fingerprint density at radius 2 is 1.45 bits per heavy atom. The Balaban J connectivity index is 2.10. The summed E-state index contributed by atoms with van der Waals surface area (Å²) in [6, 6.07) is 22.2. The lowest BCUT2D eigenvalue weighted by Gasteiger charge is -2.07. The van der Waals surface area contributed by atoms with E-state index in [-0.39, 0.29) is 0 Å². The van der Waals surface area contributed by atoms with Crippen LogP contribution in [0.25, 0.3) is 31.3 Å². The van der Waals surface area contributed by atoms with E-state index >= 15 is 0 Å². The fraction of sp³-hybridized carbons (Fsp3) is 0. The van der Waals surface area contributed by atoms with Crippen LogP contribution in [0.2, 0.25) is 0 Å². The Bertz CT molecular complexity index is 961. The molecule has 0 radical (unpaired) electrons. The zero-order valence-corrected chi connectivity index (χ0v) is 12.5. The molecular formula is C18H13BO2S. The van der Waals surface area contributed by atoms with Crippen LogP contribution in [-0.4, -0.2) is 17.2 Å². The van der Waals surface area contributed by atoms with Gasteiger partial charge in [-0.25, -0.2) is 0 Å². The molecule has 4 aromatic rings. The van der Waals surface area contributed by atoms with Crippen molar-refractivity contribution in [3.63, 3.8) is 0 Å². The molecule has 0 saturated carbocycles. The van der Waals surface area contributed by atoms with Gasteiger partial charge in [-0.05, 0) is 23.3 Å². The fourth-order valence-electron chi connectivity index (χ4n) is 2.84. The minimum atomic E-state index is -1.47. The van der Waals surface area contributed by atoms with Crippen LogP contribution < -0.4 is 5.46 Å². The van der Waals surface area contributed by atoms with Crippen molar-refractivity contribution in [2.45, 2.75) is 0 Å². The molecule has 4 heteroatoms. The second kappa shape index (κ2) is 5.25. The van der Waals surface area contributed by atoms with Gasteiger partial charge >= 0.3 is 7.12 Å². The van der Waals surface area contributed by atoms with Gasteiger partial charge in [-0.3, -0.25) is 0 Å². The van der Waals surface area contributed by atoms with Gasteiger partial charge in [0.15, 0.2) is 0 Å². The first-order valence-corrected chi connectivity index (χ1v) is 7.92. The molecule has 0 spiro atoms. The molecule has 0 atom stereocenters.